The van der Waals surface area contributed by atoms with E-state index in [1.807, 2.05) is 6.20 Å². The summed E-state index contributed by atoms with van der Waals surface area (Å²) in [7, 11) is 0. The third-order valence-electron chi connectivity index (χ3n) is 1.44. The number of hydrogen-bond donors (Lipinski definition) is 1. The van der Waals surface area contributed by atoms with Gasteiger partial charge in [-0.15, -0.1) is 5.92 Å². The third kappa shape index (κ3) is 3.22. The van der Waals surface area contributed by atoms with Crippen LogP contribution in [0.4, 0.5) is 0 Å². The number of aromatic amines is 1. The second-order valence-corrected chi connectivity index (χ2v) is 2.34. The quantitative estimate of drug-likeness (QED) is 0.532. The van der Waals surface area contributed by atoms with Crippen LogP contribution in [0.25, 0.3) is 0 Å². The number of H-pyrrole nitrogens is 1. The number of rotatable bonds is 4. The van der Waals surface area contributed by atoms with Gasteiger partial charge in [-0.05, 0) is 18.9 Å². The second kappa shape index (κ2) is 5.39. The molecule has 0 unspecified atom stereocenters. The molecular formula is C9H12N2O. The van der Waals surface area contributed by atoms with E-state index in [4.69, 9.17) is 4.74 Å². The van der Waals surface area contributed by atoms with E-state index < -0.39 is 0 Å². The van der Waals surface area contributed by atoms with Crippen LogP contribution >= 0.6 is 0 Å². The smallest absolute Gasteiger partial charge is 0.107 e. The van der Waals surface area contributed by atoms with Gasteiger partial charge in [-0.25, -0.2) is 0 Å². The SMILES string of the molecule is CC#CCOCCc1cn[nH]c1. The Morgan fingerprint density at radius 1 is 1.67 bits per heavy atom. The van der Waals surface area contributed by atoms with Crippen LogP contribution in [0.3, 0.4) is 0 Å². The van der Waals surface area contributed by atoms with Gasteiger partial charge in [0.25, 0.3) is 0 Å². The summed E-state index contributed by atoms with van der Waals surface area (Å²) in [6.07, 6.45) is 4.56. The molecule has 3 heteroatoms. The van der Waals surface area contributed by atoms with Gasteiger partial charge >= 0.3 is 0 Å². The maximum atomic E-state index is 5.23. The van der Waals surface area contributed by atoms with Gasteiger partial charge in [-0.3, -0.25) is 5.10 Å². The highest BCUT2D eigenvalue weighted by Gasteiger charge is 1.92. The minimum Gasteiger partial charge on any atom is -0.368 e. The van der Waals surface area contributed by atoms with E-state index >= 15 is 0 Å². The first-order valence-corrected chi connectivity index (χ1v) is 3.88. The highest BCUT2D eigenvalue weighted by Crippen LogP contribution is 1.94. The zero-order valence-corrected chi connectivity index (χ0v) is 7.13. The first-order valence-electron chi connectivity index (χ1n) is 3.88. The monoisotopic (exact) mass is 164 g/mol. The number of hydrogen-bond acceptors (Lipinski definition) is 2. The number of nitrogens with zero attached hydrogens (tertiary/aromatic N) is 1. The molecule has 0 atom stereocenters. The van der Waals surface area contributed by atoms with Crippen molar-refractivity contribution in [2.75, 3.05) is 13.2 Å². The predicted molar refractivity (Wildman–Crippen MR) is 46.6 cm³/mol. The van der Waals surface area contributed by atoms with Crippen LogP contribution in [0.5, 0.6) is 0 Å². The van der Waals surface area contributed by atoms with Crippen molar-refractivity contribution in [1.29, 1.82) is 0 Å². The highest BCUT2D eigenvalue weighted by atomic mass is 16.5. The first kappa shape index (κ1) is 8.82. The molecule has 0 amide bonds. The van der Waals surface area contributed by atoms with Gasteiger partial charge in [0, 0.05) is 6.20 Å². The van der Waals surface area contributed by atoms with Gasteiger partial charge in [0.15, 0.2) is 0 Å². The molecule has 0 aliphatic rings. The molecule has 0 saturated heterocycles. The lowest BCUT2D eigenvalue weighted by atomic mass is 10.3. The van der Waals surface area contributed by atoms with E-state index in [1.54, 1.807) is 13.1 Å². The number of aromatic nitrogens is 2. The topological polar surface area (TPSA) is 37.9 Å². The predicted octanol–water partition coefficient (Wildman–Crippen LogP) is 0.992. The van der Waals surface area contributed by atoms with Crippen molar-refractivity contribution >= 4 is 0 Å². The van der Waals surface area contributed by atoms with Crippen molar-refractivity contribution in [2.24, 2.45) is 0 Å². The molecule has 0 radical (unpaired) electrons. The summed E-state index contributed by atoms with van der Waals surface area (Å²) in [6.45, 7) is 3.03. The van der Waals surface area contributed by atoms with Crippen LogP contribution in [-0.2, 0) is 11.2 Å². The molecule has 0 fully saturated rings. The zero-order chi connectivity index (χ0) is 8.65. The van der Waals surface area contributed by atoms with Gasteiger partial charge in [0.1, 0.15) is 6.61 Å². The largest absolute Gasteiger partial charge is 0.368 e. The van der Waals surface area contributed by atoms with Gasteiger partial charge in [-0.1, -0.05) is 5.92 Å². The van der Waals surface area contributed by atoms with Crippen LogP contribution in [0.15, 0.2) is 12.4 Å². The summed E-state index contributed by atoms with van der Waals surface area (Å²) in [5, 5.41) is 6.58. The van der Waals surface area contributed by atoms with Crippen LogP contribution in [0.1, 0.15) is 12.5 Å². The lowest BCUT2D eigenvalue weighted by Gasteiger charge is -1.96. The van der Waals surface area contributed by atoms with Crippen LogP contribution in [0.2, 0.25) is 0 Å². The lowest BCUT2D eigenvalue weighted by Crippen LogP contribution is -1.97. The molecular weight excluding hydrogens is 152 g/mol. The van der Waals surface area contributed by atoms with Crippen molar-refractivity contribution in [2.45, 2.75) is 13.3 Å². The van der Waals surface area contributed by atoms with Crippen molar-refractivity contribution in [1.82, 2.24) is 10.2 Å². The van der Waals surface area contributed by atoms with Gasteiger partial charge < -0.3 is 4.74 Å². The van der Waals surface area contributed by atoms with Gasteiger partial charge in [0.05, 0.1) is 12.8 Å². The molecule has 1 aromatic heterocycles. The molecule has 1 N–H and O–H groups in total. The Labute approximate surface area is 72.1 Å². The zero-order valence-electron chi connectivity index (χ0n) is 7.13. The summed E-state index contributed by atoms with van der Waals surface area (Å²) in [5.74, 6) is 5.60. The molecule has 1 rings (SSSR count). The molecule has 1 aromatic rings. The molecule has 1 heterocycles. The maximum Gasteiger partial charge on any atom is 0.107 e. The van der Waals surface area contributed by atoms with E-state index in [2.05, 4.69) is 22.0 Å². The third-order valence-corrected chi connectivity index (χ3v) is 1.44. The normalized spacial score (nSPS) is 9.08. The Kier molecular flexibility index (Phi) is 3.96. The number of ether oxygens (including phenoxy) is 1. The van der Waals surface area contributed by atoms with E-state index in [9.17, 15) is 0 Å². The minimum atomic E-state index is 0.522. The van der Waals surface area contributed by atoms with E-state index in [1.165, 1.54) is 5.56 Å². The molecule has 0 saturated carbocycles. The molecule has 64 valence electrons. The van der Waals surface area contributed by atoms with Crippen LogP contribution in [-0.4, -0.2) is 23.4 Å². The van der Waals surface area contributed by atoms with Gasteiger partial charge in [0.2, 0.25) is 0 Å². The fourth-order valence-corrected chi connectivity index (χ4v) is 0.800. The Morgan fingerprint density at radius 2 is 2.58 bits per heavy atom. The van der Waals surface area contributed by atoms with Crippen molar-refractivity contribution in [3.05, 3.63) is 18.0 Å². The molecule has 0 aliphatic carbocycles. The van der Waals surface area contributed by atoms with Crippen molar-refractivity contribution in [3.8, 4) is 11.8 Å². The minimum absolute atomic E-state index is 0.522. The van der Waals surface area contributed by atoms with Crippen molar-refractivity contribution in [3.63, 3.8) is 0 Å². The summed E-state index contributed by atoms with van der Waals surface area (Å²) in [6, 6.07) is 0. The Bertz CT molecular complexity index is 256. The van der Waals surface area contributed by atoms with Crippen LogP contribution in [0, 0.1) is 11.8 Å². The summed E-state index contributed by atoms with van der Waals surface area (Å²) >= 11 is 0. The molecule has 12 heavy (non-hydrogen) atoms. The Hall–Kier alpha value is -1.27. The lowest BCUT2D eigenvalue weighted by molar-refractivity contribution is 0.170. The van der Waals surface area contributed by atoms with E-state index in [0.717, 1.165) is 6.42 Å². The molecule has 0 spiro atoms. The fourth-order valence-electron chi connectivity index (χ4n) is 0.800. The van der Waals surface area contributed by atoms with E-state index in [-0.39, 0.29) is 0 Å². The average Bonchev–Trinajstić information content (AvgIpc) is 2.57. The van der Waals surface area contributed by atoms with Crippen LogP contribution < -0.4 is 0 Å². The van der Waals surface area contributed by atoms with E-state index in [0.29, 0.717) is 13.2 Å². The molecule has 0 bridgehead atoms. The highest BCUT2D eigenvalue weighted by molar-refractivity contribution is 5.02. The summed E-state index contributed by atoms with van der Waals surface area (Å²) < 4.78 is 5.23. The molecule has 0 aromatic carbocycles. The Morgan fingerprint density at radius 3 is 3.25 bits per heavy atom. The maximum absolute atomic E-state index is 5.23. The Balaban J connectivity index is 2.06. The fraction of sp³-hybridized carbons (Fsp3) is 0.444. The summed E-state index contributed by atoms with van der Waals surface area (Å²) in [5.41, 5.74) is 1.17. The number of nitrogens with one attached hydrogen (secondary N) is 1. The summed E-state index contributed by atoms with van der Waals surface area (Å²) in [4.78, 5) is 0. The first-order chi connectivity index (χ1) is 5.93. The van der Waals surface area contributed by atoms with Crippen molar-refractivity contribution < 1.29 is 4.74 Å². The second-order valence-electron chi connectivity index (χ2n) is 2.34. The standard InChI is InChI=1S/C9H12N2O/c1-2-3-5-12-6-4-9-7-10-11-8-9/h7-8H,4-6H2,1H3,(H,10,11). The average molecular weight is 164 g/mol. The molecule has 3 nitrogen and oxygen atoms in total. The van der Waals surface area contributed by atoms with Gasteiger partial charge in [-0.2, -0.15) is 5.10 Å². The molecule has 0 aliphatic heterocycles.